The van der Waals surface area contributed by atoms with Gasteiger partial charge in [-0.05, 0) is 39.7 Å². The zero-order valence-electron chi connectivity index (χ0n) is 13.0. The zero-order valence-corrected chi connectivity index (χ0v) is 13.0. The molecule has 0 radical (unpaired) electrons. The Labute approximate surface area is 125 Å². The van der Waals surface area contributed by atoms with Gasteiger partial charge >= 0.3 is 0 Å². The Kier molecular flexibility index (Phi) is 5.03. The molecule has 1 atom stereocenters. The molecule has 0 aliphatic carbocycles. The lowest BCUT2D eigenvalue weighted by molar-refractivity contribution is -0.118. The van der Waals surface area contributed by atoms with Gasteiger partial charge in [0.25, 0.3) is 0 Å². The van der Waals surface area contributed by atoms with Crippen molar-refractivity contribution in [1.82, 2.24) is 4.90 Å². The molecule has 0 aromatic carbocycles. The molecule has 5 heteroatoms. The minimum absolute atomic E-state index is 0.111. The number of nitriles is 1. The van der Waals surface area contributed by atoms with Crippen LogP contribution in [0.15, 0.2) is 4.42 Å². The summed E-state index contributed by atoms with van der Waals surface area (Å²) in [6.07, 6.45) is 4.61. The average molecular weight is 289 g/mol. The summed E-state index contributed by atoms with van der Waals surface area (Å²) >= 11 is 0. The summed E-state index contributed by atoms with van der Waals surface area (Å²) in [5, 5.41) is 11.9. The number of nitrogens with one attached hydrogen (secondary N) is 1. The van der Waals surface area contributed by atoms with Crippen molar-refractivity contribution in [3.05, 3.63) is 16.9 Å². The normalized spacial score (nSPS) is 19.2. The van der Waals surface area contributed by atoms with Gasteiger partial charge in [-0.3, -0.25) is 15.0 Å². The molecule has 0 bridgehead atoms. The summed E-state index contributed by atoms with van der Waals surface area (Å²) in [5.41, 5.74) is 1.21. The number of aryl methyl sites for hydroxylation is 1. The highest BCUT2D eigenvalue weighted by Crippen LogP contribution is 2.25. The molecule has 0 saturated carbocycles. The van der Waals surface area contributed by atoms with E-state index in [-0.39, 0.29) is 11.8 Å². The van der Waals surface area contributed by atoms with Crippen LogP contribution in [0.1, 0.15) is 49.5 Å². The van der Waals surface area contributed by atoms with E-state index in [1.165, 1.54) is 6.42 Å². The first kappa shape index (κ1) is 15.6. The minimum Gasteiger partial charge on any atom is -0.444 e. The van der Waals surface area contributed by atoms with E-state index >= 15 is 0 Å². The van der Waals surface area contributed by atoms with Gasteiger partial charge in [0, 0.05) is 11.6 Å². The molecule has 1 aliphatic heterocycles. The van der Waals surface area contributed by atoms with E-state index in [0.717, 1.165) is 31.4 Å². The first-order valence-electron chi connectivity index (χ1n) is 7.60. The molecular weight excluding hydrogens is 266 g/mol. The third-order valence-electron chi connectivity index (χ3n) is 4.32. The third kappa shape index (κ3) is 3.45. The van der Waals surface area contributed by atoms with Crippen LogP contribution in [0.25, 0.3) is 0 Å². The van der Waals surface area contributed by atoms with E-state index in [2.05, 4.69) is 23.2 Å². The van der Waals surface area contributed by atoms with Crippen LogP contribution < -0.4 is 5.32 Å². The van der Waals surface area contributed by atoms with Crippen molar-refractivity contribution in [3.8, 4) is 6.07 Å². The van der Waals surface area contributed by atoms with E-state index < -0.39 is 0 Å². The number of nitrogens with zero attached hydrogens (tertiary/aromatic N) is 2. The molecule has 1 aromatic heterocycles. The Morgan fingerprint density at radius 3 is 2.90 bits per heavy atom. The number of piperidine rings is 1. The Morgan fingerprint density at radius 1 is 1.48 bits per heavy atom. The predicted molar refractivity (Wildman–Crippen MR) is 81.0 cm³/mol. The topological polar surface area (TPSA) is 69.3 Å². The van der Waals surface area contributed by atoms with Crippen LogP contribution in [0, 0.1) is 25.2 Å². The molecule has 2 heterocycles. The second-order valence-corrected chi connectivity index (χ2v) is 5.68. The number of carbonyl (C=O) groups excluding carboxylic acids is 1. The largest absolute Gasteiger partial charge is 0.444 e. The highest BCUT2D eigenvalue weighted by atomic mass is 16.4. The van der Waals surface area contributed by atoms with Crippen LogP contribution >= 0.6 is 0 Å². The first-order chi connectivity index (χ1) is 10.1. The maximum absolute atomic E-state index is 12.2. The van der Waals surface area contributed by atoms with Crippen molar-refractivity contribution < 1.29 is 9.21 Å². The summed E-state index contributed by atoms with van der Waals surface area (Å²) < 4.78 is 5.48. The standard InChI is InChI=1S/C16H23N3O2/c1-4-13-7-5-6-8-19(13)10-15(20)18-16-14(9-17)11(2)12(3)21-16/h13H,4-8,10H2,1-3H3,(H,18,20). The summed E-state index contributed by atoms with van der Waals surface area (Å²) in [5.74, 6) is 0.842. The SMILES string of the molecule is CCC1CCCCN1CC(=O)Nc1oc(C)c(C)c1C#N. The molecule has 2 rings (SSSR count). The number of rotatable bonds is 4. The lowest BCUT2D eigenvalue weighted by Crippen LogP contribution is -2.43. The number of hydrogen-bond donors (Lipinski definition) is 1. The van der Waals surface area contributed by atoms with Gasteiger partial charge in [-0.1, -0.05) is 13.3 Å². The maximum atomic E-state index is 12.2. The number of likely N-dealkylation sites (tertiary alicyclic amines) is 1. The van der Waals surface area contributed by atoms with E-state index in [1.807, 2.05) is 6.92 Å². The summed E-state index contributed by atoms with van der Waals surface area (Å²) in [6, 6.07) is 2.58. The predicted octanol–water partition coefficient (Wildman–Crippen LogP) is 2.97. The minimum atomic E-state index is -0.111. The second kappa shape index (κ2) is 6.77. The Bertz CT molecular complexity index is 557. The maximum Gasteiger partial charge on any atom is 0.240 e. The van der Waals surface area contributed by atoms with Crippen molar-refractivity contribution in [2.45, 2.75) is 52.5 Å². The Morgan fingerprint density at radius 2 is 2.24 bits per heavy atom. The Balaban J connectivity index is 2.02. The van der Waals surface area contributed by atoms with E-state index in [9.17, 15) is 4.79 Å². The van der Waals surface area contributed by atoms with Crippen LogP contribution in [0.5, 0.6) is 0 Å². The van der Waals surface area contributed by atoms with E-state index in [4.69, 9.17) is 9.68 Å². The van der Waals surface area contributed by atoms with Gasteiger partial charge in [-0.15, -0.1) is 0 Å². The van der Waals surface area contributed by atoms with Crippen molar-refractivity contribution >= 4 is 11.8 Å². The average Bonchev–Trinajstić information content (AvgIpc) is 2.73. The fourth-order valence-corrected chi connectivity index (χ4v) is 2.93. The summed E-state index contributed by atoms with van der Waals surface area (Å²) in [4.78, 5) is 14.4. The molecule has 114 valence electrons. The highest BCUT2D eigenvalue weighted by molar-refractivity contribution is 5.92. The van der Waals surface area contributed by atoms with Crippen molar-refractivity contribution in [3.63, 3.8) is 0 Å². The quantitative estimate of drug-likeness (QED) is 0.925. The molecule has 1 fully saturated rings. The third-order valence-corrected chi connectivity index (χ3v) is 4.32. The first-order valence-corrected chi connectivity index (χ1v) is 7.60. The molecule has 0 spiro atoms. The molecule has 1 amide bonds. The number of hydrogen-bond acceptors (Lipinski definition) is 4. The van der Waals surface area contributed by atoms with Crippen LogP contribution in [-0.4, -0.2) is 29.9 Å². The monoisotopic (exact) mass is 289 g/mol. The van der Waals surface area contributed by atoms with Gasteiger partial charge in [0.05, 0.1) is 6.54 Å². The van der Waals surface area contributed by atoms with Gasteiger partial charge in [0.15, 0.2) is 0 Å². The van der Waals surface area contributed by atoms with Crippen LogP contribution in [0.4, 0.5) is 5.88 Å². The smallest absolute Gasteiger partial charge is 0.240 e. The van der Waals surface area contributed by atoms with Gasteiger partial charge in [0.2, 0.25) is 11.8 Å². The van der Waals surface area contributed by atoms with Gasteiger partial charge < -0.3 is 4.42 Å². The van der Waals surface area contributed by atoms with Crippen molar-refractivity contribution in [2.75, 3.05) is 18.4 Å². The molecule has 1 aromatic rings. The molecule has 21 heavy (non-hydrogen) atoms. The lowest BCUT2D eigenvalue weighted by atomic mass is 10.0. The number of carbonyl (C=O) groups is 1. The highest BCUT2D eigenvalue weighted by Gasteiger charge is 2.24. The number of anilines is 1. The van der Waals surface area contributed by atoms with Crippen LogP contribution in [0.2, 0.25) is 0 Å². The van der Waals surface area contributed by atoms with Gasteiger partial charge in [-0.25, -0.2) is 0 Å². The number of furan rings is 1. The molecule has 1 N–H and O–H groups in total. The van der Waals surface area contributed by atoms with E-state index in [1.54, 1.807) is 6.92 Å². The van der Waals surface area contributed by atoms with Crippen LogP contribution in [-0.2, 0) is 4.79 Å². The van der Waals surface area contributed by atoms with Crippen molar-refractivity contribution in [1.29, 1.82) is 5.26 Å². The molecule has 1 saturated heterocycles. The van der Waals surface area contributed by atoms with Crippen LogP contribution in [0.3, 0.4) is 0 Å². The summed E-state index contributed by atoms with van der Waals surface area (Å²) in [6.45, 7) is 7.11. The fourth-order valence-electron chi connectivity index (χ4n) is 2.93. The molecule has 1 aliphatic rings. The van der Waals surface area contributed by atoms with Crippen molar-refractivity contribution in [2.24, 2.45) is 0 Å². The second-order valence-electron chi connectivity index (χ2n) is 5.68. The Hall–Kier alpha value is -1.80. The number of amides is 1. The zero-order chi connectivity index (χ0) is 15.4. The lowest BCUT2D eigenvalue weighted by Gasteiger charge is -2.34. The van der Waals surface area contributed by atoms with Gasteiger partial charge in [0.1, 0.15) is 17.4 Å². The molecule has 5 nitrogen and oxygen atoms in total. The van der Waals surface area contributed by atoms with E-state index in [0.29, 0.717) is 23.9 Å². The summed E-state index contributed by atoms with van der Waals surface area (Å²) in [7, 11) is 0. The molecule has 1 unspecified atom stereocenters. The fraction of sp³-hybridized carbons (Fsp3) is 0.625. The molecular formula is C16H23N3O2. The van der Waals surface area contributed by atoms with Gasteiger partial charge in [-0.2, -0.15) is 5.26 Å².